The van der Waals surface area contributed by atoms with Gasteiger partial charge in [-0.2, -0.15) is 13.2 Å². The minimum absolute atomic E-state index is 0.161. The zero-order valence-corrected chi connectivity index (χ0v) is 12.2. The summed E-state index contributed by atoms with van der Waals surface area (Å²) in [6.07, 6.45) is -3.56. The molecule has 0 amide bonds. The molecule has 0 spiro atoms. The number of nitrogens with zero attached hydrogens (tertiary/aromatic N) is 3. The highest BCUT2D eigenvalue weighted by molar-refractivity contribution is 14.1. The van der Waals surface area contributed by atoms with Crippen LogP contribution in [-0.4, -0.2) is 18.6 Å². The van der Waals surface area contributed by atoms with Crippen molar-refractivity contribution in [2.75, 3.05) is 13.6 Å². The number of benzene rings is 1. The van der Waals surface area contributed by atoms with E-state index in [1.165, 1.54) is 11.1 Å². The van der Waals surface area contributed by atoms with Crippen molar-refractivity contribution in [3.05, 3.63) is 27.3 Å². The van der Waals surface area contributed by atoms with E-state index in [0.717, 1.165) is 12.5 Å². The lowest BCUT2D eigenvalue weighted by atomic mass is 10.2. The van der Waals surface area contributed by atoms with Gasteiger partial charge in [0, 0.05) is 17.2 Å². The molecule has 0 heterocycles. The Morgan fingerprint density at radius 1 is 1.33 bits per heavy atom. The van der Waals surface area contributed by atoms with Crippen LogP contribution in [-0.2, 0) is 6.18 Å². The molecule has 1 aromatic carbocycles. The van der Waals surface area contributed by atoms with E-state index < -0.39 is 11.7 Å². The molecule has 0 unspecified atom stereocenters. The van der Waals surface area contributed by atoms with Crippen molar-refractivity contribution in [1.82, 2.24) is 5.01 Å². The molecule has 18 heavy (non-hydrogen) atoms. The minimum atomic E-state index is -4.42. The summed E-state index contributed by atoms with van der Waals surface area (Å²) in [6, 6.07) is 3.96. The second-order valence-electron chi connectivity index (χ2n) is 3.73. The summed E-state index contributed by atoms with van der Waals surface area (Å²) >= 11 is 1.83. The highest BCUT2D eigenvalue weighted by Crippen LogP contribution is 2.37. The molecule has 0 saturated heterocycles. The van der Waals surface area contributed by atoms with Crippen molar-refractivity contribution in [1.29, 1.82) is 0 Å². The fourth-order valence-corrected chi connectivity index (χ4v) is 1.81. The van der Waals surface area contributed by atoms with E-state index in [1.807, 2.05) is 29.5 Å². The van der Waals surface area contributed by atoms with Gasteiger partial charge in [0.2, 0.25) is 0 Å². The highest BCUT2D eigenvalue weighted by Gasteiger charge is 2.33. The van der Waals surface area contributed by atoms with Gasteiger partial charge in [0.05, 0.1) is 11.3 Å². The Bertz CT molecular complexity index is 432. The summed E-state index contributed by atoms with van der Waals surface area (Å²) in [5.41, 5.74) is -0.922. The first-order chi connectivity index (χ1) is 8.34. The Hall–Kier alpha value is -0.860. The van der Waals surface area contributed by atoms with Crippen molar-refractivity contribution < 1.29 is 13.2 Å². The molecule has 0 saturated carbocycles. The van der Waals surface area contributed by atoms with Gasteiger partial charge in [-0.05, 0) is 47.2 Å². The van der Waals surface area contributed by atoms with Crippen molar-refractivity contribution >= 4 is 28.3 Å². The second kappa shape index (κ2) is 6.35. The first kappa shape index (κ1) is 15.2. The van der Waals surface area contributed by atoms with E-state index in [9.17, 15) is 13.2 Å². The molecule has 0 fully saturated rings. The van der Waals surface area contributed by atoms with Crippen LogP contribution in [0.3, 0.4) is 0 Å². The van der Waals surface area contributed by atoms with Gasteiger partial charge in [0.1, 0.15) is 0 Å². The maximum absolute atomic E-state index is 12.8. The van der Waals surface area contributed by atoms with Crippen molar-refractivity contribution in [3.8, 4) is 0 Å². The predicted molar refractivity (Wildman–Crippen MR) is 71.6 cm³/mol. The summed E-state index contributed by atoms with van der Waals surface area (Å²) < 4.78 is 38.9. The third-order valence-electron chi connectivity index (χ3n) is 2.12. The molecule has 3 nitrogen and oxygen atoms in total. The molecule has 0 aliphatic rings. The predicted octanol–water partition coefficient (Wildman–Crippen LogP) is 4.65. The lowest BCUT2D eigenvalue weighted by molar-refractivity contribution is -0.137. The summed E-state index contributed by atoms with van der Waals surface area (Å²) in [5.74, 6) is 0. The van der Waals surface area contributed by atoms with E-state index in [4.69, 9.17) is 0 Å². The number of hydrogen-bond donors (Lipinski definition) is 0. The average molecular weight is 371 g/mol. The average Bonchev–Trinajstić information content (AvgIpc) is 2.26. The Kier molecular flexibility index (Phi) is 5.36. The molecular weight excluding hydrogens is 358 g/mol. The fraction of sp³-hybridized carbons (Fsp3) is 0.455. The van der Waals surface area contributed by atoms with Gasteiger partial charge < -0.3 is 0 Å². The van der Waals surface area contributed by atoms with Crippen LogP contribution in [0.4, 0.5) is 18.9 Å². The van der Waals surface area contributed by atoms with Crippen LogP contribution in [0.1, 0.15) is 18.9 Å². The van der Waals surface area contributed by atoms with Crippen molar-refractivity contribution in [3.63, 3.8) is 0 Å². The molecular formula is C11H13F3IN3. The van der Waals surface area contributed by atoms with Gasteiger partial charge in [0.25, 0.3) is 0 Å². The second-order valence-corrected chi connectivity index (χ2v) is 4.98. The molecule has 7 heteroatoms. The van der Waals surface area contributed by atoms with E-state index in [1.54, 1.807) is 13.1 Å². The largest absolute Gasteiger partial charge is 0.418 e. The molecule has 0 radical (unpaired) electrons. The van der Waals surface area contributed by atoms with Gasteiger partial charge in [-0.15, -0.1) is 5.11 Å². The topological polar surface area (TPSA) is 28.0 Å². The molecule has 0 atom stereocenters. The normalized spacial score (nSPS) is 12.1. The minimum Gasteiger partial charge on any atom is -0.282 e. The Balaban J connectivity index is 3.02. The van der Waals surface area contributed by atoms with Crippen LogP contribution in [0.2, 0.25) is 0 Å². The Labute approximate surface area is 117 Å². The summed E-state index contributed by atoms with van der Waals surface area (Å²) in [7, 11) is 1.67. The van der Waals surface area contributed by atoms with Gasteiger partial charge in [-0.25, -0.2) is 0 Å². The van der Waals surface area contributed by atoms with Gasteiger partial charge in [-0.1, -0.05) is 12.1 Å². The monoisotopic (exact) mass is 371 g/mol. The maximum Gasteiger partial charge on any atom is 0.418 e. The zero-order chi connectivity index (χ0) is 13.8. The fourth-order valence-electron chi connectivity index (χ4n) is 1.32. The third kappa shape index (κ3) is 4.43. The van der Waals surface area contributed by atoms with Crippen LogP contribution in [0.25, 0.3) is 0 Å². The molecule has 0 aliphatic carbocycles. The lowest BCUT2D eigenvalue weighted by Gasteiger charge is -2.11. The van der Waals surface area contributed by atoms with E-state index in [-0.39, 0.29) is 5.69 Å². The Morgan fingerprint density at radius 2 is 2.00 bits per heavy atom. The van der Waals surface area contributed by atoms with Gasteiger partial charge in [0.15, 0.2) is 0 Å². The SMILES string of the molecule is CCCN(C)N=Nc1ccc(I)cc1C(F)(F)F. The van der Waals surface area contributed by atoms with E-state index >= 15 is 0 Å². The van der Waals surface area contributed by atoms with Crippen LogP contribution < -0.4 is 0 Å². The summed E-state index contributed by atoms with van der Waals surface area (Å²) in [5, 5.41) is 8.92. The number of hydrogen-bond acceptors (Lipinski definition) is 2. The van der Waals surface area contributed by atoms with Crippen molar-refractivity contribution in [2.24, 2.45) is 10.3 Å². The van der Waals surface area contributed by atoms with Crippen LogP contribution in [0, 0.1) is 3.57 Å². The molecule has 0 N–H and O–H groups in total. The van der Waals surface area contributed by atoms with Crippen molar-refractivity contribution in [2.45, 2.75) is 19.5 Å². The molecule has 0 bridgehead atoms. The van der Waals surface area contributed by atoms with Crippen LogP contribution in [0.5, 0.6) is 0 Å². The molecule has 0 aliphatic heterocycles. The summed E-state index contributed by atoms with van der Waals surface area (Å²) in [4.78, 5) is 0. The molecule has 1 aromatic rings. The lowest BCUT2D eigenvalue weighted by Crippen LogP contribution is -2.10. The molecule has 1 rings (SSSR count). The van der Waals surface area contributed by atoms with Gasteiger partial charge in [-0.3, -0.25) is 5.01 Å². The van der Waals surface area contributed by atoms with Gasteiger partial charge >= 0.3 is 6.18 Å². The quantitative estimate of drug-likeness (QED) is 0.430. The Morgan fingerprint density at radius 3 is 2.56 bits per heavy atom. The number of alkyl halides is 3. The van der Waals surface area contributed by atoms with E-state index in [0.29, 0.717) is 10.1 Å². The third-order valence-corrected chi connectivity index (χ3v) is 2.79. The molecule has 0 aromatic heterocycles. The summed E-state index contributed by atoms with van der Waals surface area (Å²) in [6.45, 7) is 2.60. The smallest absolute Gasteiger partial charge is 0.282 e. The molecule has 100 valence electrons. The number of halogens is 4. The highest BCUT2D eigenvalue weighted by atomic mass is 127. The first-order valence-corrected chi connectivity index (χ1v) is 6.42. The maximum atomic E-state index is 12.8. The van der Waals surface area contributed by atoms with Crippen LogP contribution >= 0.6 is 22.6 Å². The zero-order valence-electron chi connectivity index (χ0n) is 10.00. The van der Waals surface area contributed by atoms with E-state index in [2.05, 4.69) is 10.3 Å². The number of rotatable bonds is 4. The first-order valence-electron chi connectivity index (χ1n) is 5.34. The standard InChI is InChI=1S/C11H13F3IN3/c1-3-6-18(2)17-16-10-5-4-8(15)7-9(10)11(12,13)14/h4-5,7H,3,6H2,1-2H3. The van der Waals surface area contributed by atoms with Crippen LogP contribution in [0.15, 0.2) is 28.5 Å².